The Morgan fingerprint density at radius 3 is 1.80 bits per heavy atom. The number of carbonyl (C=O) groups is 6. The number of methoxy groups -OCH3 is 1. The molecule has 0 radical (unpaired) electrons. The molecule has 11 atom stereocenters. The molecule has 2 aliphatic carbocycles. The average molecular weight is 779 g/mol. The number of fused-ring (bicyclic) bond motifs is 3. The van der Waals surface area contributed by atoms with Crippen molar-refractivity contribution in [3.05, 3.63) is 23.8 Å². The number of epoxide rings is 1. The summed E-state index contributed by atoms with van der Waals surface area (Å²) in [5.74, 6) is -7.78. The lowest BCUT2D eigenvalue weighted by atomic mass is 9.51. The zero-order chi connectivity index (χ0) is 41.2. The summed E-state index contributed by atoms with van der Waals surface area (Å²) < 4.78 is 48.5. The second-order valence-corrected chi connectivity index (χ2v) is 16.7. The SMILES string of the molecule is COCC1=C/[C@@H]2OC(=O)[C@H](C)[C@@]2(O)[C@@H](OC(C)=O)[C@H]2[C@@]3(CO3)[C@H](OC(=O)CC(C)C)[C@H](OC(=O)CC(C)C)[C@H](OC(=O)CC(C)C)[C@]2(C)[C@H](OC(C)=O)/C=C\1. The number of aliphatic hydroxyl groups is 1. The van der Waals surface area contributed by atoms with E-state index in [1.165, 1.54) is 33.1 Å². The molecule has 0 unspecified atom stereocenters. The maximum atomic E-state index is 13.9. The molecule has 0 amide bonds. The van der Waals surface area contributed by atoms with Gasteiger partial charge in [-0.15, -0.1) is 0 Å². The van der Waals surface area contributed by atoms with Crippen molar-refractivity contribution in [1.29, 1.82) is 0 Å². The standard InChI is InChI=1S/C40H58O15/c1-20(2)14-29(43)53-32-34(54-30(44)15-21(3)4)38(10)27(50-24(8)41)13-12-26(18-48-11)17-28-40(47,23(7)37(46)52-28)36(51-25(9)42)33(38)39(19-49-39)35(32)55-31(45)16-22(5)6/h12-13,17,20-23,27-28,32-36,47H,14-16,18-19H2,1-11H3/b13-12-,26-17+/t23-,27+,28-,32+,33+,34-,35+,36-,38+,39-,40-/m0/s1. The zero-order valence-corrected chi connectivity index (χ0v) is 33.8. The highest BCUT2D eigenvalue weighted by Gasteiger charge is 2.81. The van der Waals surface area contributed by atoms with Gasteiger partial charge in [-0.25, -0.2) is 0 Å². The van der Waals surface area contributed by atoms with Crippen molar-refractivity contribution in [2.45, 2.75) is 136 Å². The summed E-state index contributed by atoms with van der Waals surface area (Å²) in [5.41, 5.74) is -5.54. The highest BCUT2D eigenvalue weighted by atomic mass is 16.7. The van der Waals surface area contributed by atoms with E-state index in [0.717, 1.165) is 6.92 Å². The highest BCUT2D eigenvalue weighted by Crippen LogP contribution is 2.63. The number of hydrogen-bond acceptors (Lipinski definition) is 15. The predicted octanol–water partition coefficient (Wildman–Crippen LogP) is 3.56. The first-order chi connectivity index (χ1) is 25.6. The molecule has 55 heavy (non-hydrogen) atoms. The summed E-state index contributed by atoms with van der Waals surface area (Å²) in [4.78, 5) is 81.0. The fraction of sp³-hybridized carbons (Fsp3) is 0.750. The number of esters is 6. The van der Waals surface area contributed by atoms with E-state index in [1.807, 2.05) is 27.7 Å². The van der Waals surface area contributed by atoms with Gasteiger partial charge in [0.15, 0.2) is 30.0 Å². The van der Waals surface area contributed by atoms with E-state index in [-0.39, 0.29) is 50.2 Å². The van der Waals surface area contributed by atoms with Crippen molar-refractivity contribution in [2.75, 3.05) is 20.3 Å². The Labute approximate surface area is 322 Å². The molecule has 0 aromatic rings. The molecule has 1 N–H and O–H groups in total. The van der Waals surface area contributed by atoms with Crippen LogP contribution in [0.5, 0.6) is 0 Å². The Balaban J connectivity index is 2.17. The van der Waals surface area contributed by atoms with Crippen molar-refractivity contribution < 1.29 is 71.8 Å². The van der Waals surface area contributed by atoms with E-state index in [0.29, 0.717) is 5.57 Å². The van der Waals surface area contributed by atoms with Crippen molar-refractivity contribution in [3.63, 3.8) is 0 Å². The summed E-state index contributed by atoms with van der Waals surface area (Å²) >= 11 is 0. The molecule has 4 rings (SSSR count). The topological polar surface area (TPSA) is 200 Å². The molecule has 2 saturated heterocycles. The van der Waals surface area contributed by atoms with Gasteiger partial charge in [-0.2, -0.15) is 0 Å². The summed E-state index contributed by atoms with van der Waals surface area (Å²) in [6, 6.07) is 0. The molecule has 15 nitrogen and oxygen atoms in total. The maximum Gasteiger partial charge on any atom is 0.312 e. The summed E-state index contributed by atoms with van der Waals surface area (Å²) in [7, 11) is 1.43. The Kier molecular flexibility index (Phi) is 13.7. The Morgan fingerprint density at radius 2 is 1.33 bits per heavy atom. The molecule has 0 aromatic heterocycles. The number of ether oxygens (including phenoxy) is 8. The van der Waals surface area contributed by atoms with Crippen LogP contribution < -0.4 is 0 Å². The minimum Gasteiger partial charge on any atom is -0.459 e. The Hall–Kier alpha value is -3.82. The van der Waals surface area contributed by atoms with Crippen LogP contribution in [-0.4, -0.2) is 109 Å². The minimum atomic E-state index is -2.35. The average Bonchev–Trinajstić information content (AvgIpc) is 3.80. The van der Waals surface area contributed by atoms with E-state index in [2.05, 4.69) is 0 Å². The van der Waals surface area contributed by atoms with E-state index in [9.17, 15) is 33.9 Å². The molecule has 2 aliphatic heterocycles. The quantitative estimate of drug-likeness (QED) is 0.162. The van der Waals surface area contributed by atoms with Gasteiger partial charge in [0.25, 0.3) is 0 Å². The molecule has 1 spiro atoms. The molecule has 0 bridgehead atoms. The fourth-order valence-corrected chi connectivity index (χ4v) is 8.30. The fourth-order valence-electron chi connectivity index (χ4n) is 8.30. The van der Waals surface area contributed by atoms with Gasteiger partial charge >= 0.3 is 35.8 Å². The zero-order valence-electron chi connectivity index (χ0n) is 33.8. The lowest BCUT2D eigenvalue weighted by molar-refractivity contribution is -0.280. The second-order valence-electron chi connectivity index (χ2n) is 16.7. The van der Waals surface area contributed by atoms with Gasteiger partial charge in [0.05, 0.1) is 24.5 Å². The molecule has 4 aliphatic rings. The van der Waals surface area contributed by atoms with E-state index in [4.69, 9.17) is 37.9 Å². The minimum absolute atomic E-state index is 0.0520. The highest BCUT2D eigenvalue weighted by molar-refractivity contribution is 5.78. The molecule has 0 aromatic carbocycles. The van der Waals surface area contributed by atoms with Crippen LogP contribution >= 0.6 is 0 Å². The summed E-state index contributed by atoms with van der Waals surface area (Å²) in [6.07, 6.45) is -4.90. The van der Waals surface area contributed by atoms with Crippen LogP contribution in [0.1, 0.15) is 88.5 Å². The molecular weight excluding hydrogens is 720 g/mol. The summed E-state index contributed by atoms with van der Waals surface area (Å²) in [6.45, 7) is 15.9. The van der Waals surface area contributed by atoms with Crippen LogP contribution in [0, 0.1) is 35.0 Å². The second kappa shape index (κ2) is 17.1. The Morgan fingerprint density at radius 1 is 0.818 bits per heavy atom. The molecule has 308 valence electrons. The van der Waals surface area contributed by atoms with Gasteiger partial charge in [-0.1, -0.05) is 54.5 Å². The molecule has 1 saturated carbocycles. The van der Waals surface area contributed by atoms with Crippen molar-refractivity contribution >= 4 is 35.8 Å². The first kappa shape index (κ1) is 43.9. The molecule has 3 fully saturated rings. The third-order valence-corrected chi connectivity index (χ3v) is 10.7. The maximum absolute atomic E-state index is 13.9. The van der Waals surface area contributed by atoms with Crippen LogP contribution in [0.15, 0.2) is 23.8 Å². The molecule has 15 heteroatoms. The van der Waals surface area contributed by atoms with E-state index in [1.54, 1.807) is 26.8 Å². The van der Waals surface area contributed by atoms with Gasteiger partial charge in [-0.05, 0) is 42.4 Å². The van der Waals surface area contributed by atoms with Crippen LogP contribution in [0.2, 0.25) is 0 Å². The van der Waals surface area contributed by atoms with E-state index >= 15 is 0 Å². The first-order valence-corrected chi connectivity index (χ1v) is 19.0. The third-order valence-electron chi connectivity index (χ3n) is 10.7. The van der Waals surface area contributed by atoms with E-state index < -0.39 is 101 Å². The van der Waals surface area contributed by atoms with Gasteiger partial charge in [0.2, 0.25) is 0 Å². The molecular formula is C40H58O15. The Bertz CT molecular complexity index is 1540. The third kappa shape index (κ3) is 9.09. The lowest BCUT2D eigenvalue weighted by Crippen LogP contribution is -2.76. The van der Waals surface area contributed by atoms with Crippen molar-refractivity contribution in [2.24, 2.45) is 35.0 Å². The van der Waals surface area contributed by atoms with Crippen LogP contribution in [0.4, 0.5) is 0 Å². The number of carbonyl (C=O) groups excluding carboxylic acids is 6. The monoisotopic (exact) mass is 778 g/mol. The van der Waals surface area contributed by atoms with Gasteiger partial charge < -0.3 is 43.0 Å². The molecule has 2 heterocycles. The number of hydrogen-bond donors (Lipinski definition) is 1. The van der Waals surface area contributed by atoms with Crippen LogP contribution in [0.3, 0.4) is 0 Å². The smallest absolute Gasteiger partial charge is 0.312 e. The normalized spacial score (nSPS) is 36.9. The van der Waals surface area contributed by atoms with Crippen molar-refractivity contribution in [3.8, 4) is 0 Å². The first-order valence-electron chi connectivity index (χ1n) is 19.0. The van der Waals surface area contributed by atoms with Gasteiger partial charge in [0, 0.05) is 46.1 Å². The lowest BCUT2D eigenvalue weighted by Gasteiger charge is -2.59. The largest absolute Gasteiger partial charge is 0.459 e. The van der Waals surface area contributed by atoms with Gasteiger partial charge in [0.1, 0.15) is 17.8 Å². The van der Waals surface area contributed by atoms with Gasteiger partial charge in [-0.3, -0.25) is 28.8 Å². The number of rotatable bonds is 13. The predicted molar refractivity (Wildman–Crippen MR) is 192 cm³/mol. The summed E-state index contributed by atoms with van der Waals surface area (Å²) in [5, 5.41) is 13.0. The van der Waals surface area contributed by atoms with Crippen LogP contribution in [-0.2, 0) is 66.7 Å². The van der Waals surface area contributed by atoms with Crippen LogP contribution in [0.25, 0.3) is 0 Å². The van der Waals surface area contributed by atoms with Crippen molar-refractivity contribution in [1.82, 2.24) is 0 Å².